The highest BCUT2D eigenvalue weighted by atomic mass is 35.5. The Kier molecular flexibility index (Phi) is 6.79. The van der Waals surface area contributed by atoms with Gasteiger partial charge in [-0.1, -0.05) is 48.9 Å². The fourth-order valence-corrected chi connectivity index (χ4v) is 8.24. The number of nitrogens with zero attached hydrogens (tertiary/aromatic N) is 2. The van der Waals surface area contributed by atoms with Crippen LogP contribution < -0.4 is 9.64 Å². The Morgan fingerprint density at radius 3 is 2.37 bits per heavy atom. The van der Waals surface area contributed by atoms with Crippen molar-refractivity contribution >= 4 is 52.5 Å². The van der Waals surface area contributed by atoms with Crippen LogP contribution in [0, 0.1) is 17.8 Å². The summed E-state index contributed by atoms with van der Waals surface area (Å²) in [6.45, 7) is 1.80. The number of aryl methyl sites for hydroxylation is 1. The van der Waals surface area contributed by atoms with Gasteiger partial charge in [0.15, 0.2) is 9.75 Å². The lowest BCUT2D eigenvalue weighted by atomic mass is 9.56. The highest BCUT2D eigenvalue weighted by molar-refractivity contribution is 6.53. The third-order valence-corrected chi connectivity index (χ3v) is 10.6. The standard InChI is InChI=1S/C31H30Cl2N2O6/c1-3-17-8-10-18(11-9-17)35-26(37)21-13-12-19-22(24(21)27(35)38)16-30(32)28(39)34(2)29(40)31(30,33)25(19)20-6-4-5-7-23(20)41-15-14-36/h4-12,21-22,24-25,36H,3,13-16H2,1-2H3/t21-,22+,24-,25+,30+,31-/m0/s1. The number of benzene rings is 2. The zero-order chi connectivity index (χ0) is 29.3. The van der Waals surface area contributed by atoms with E-state index >= 15 is 0 Å². The molecule has 1 N–H and O–H groups in total. The van der Waals surface area contributed by atoms with E-state index in [1.54, 1.807) is 36.4 Å². The predicted molar refractivity (Wildman–Crippen MR) is 153 cm³/mol. The Morgan fingerprint density at radius 1 is 0.976 bits per heavy atom. The molecule has 214 valence electrons. The molecule has 0 aromatic heterocycles. The van der Waals surface area contributed by atoms with E-state index in [-0.39, 0.29) is 37.9 Å². The van der Waals surface area contributed by atoms with Crippen molar-refractivity contribution in [3.8, 4) is 5.75 Å². The first kappa shape index (κ1) is 27.9. The van der Waals surface area contributed by atoms with Crippen molar-refractivity contribution in [1.82, 2.24) is 4.90 Å². The number of amides is 4. The van der Waals surface area contributed by atoms with Crippen LogP contribution in [0.4, 0.5) is 5.69 Å². The molecule has 8 nitrogen and oxygen atoms in total. The second-order valence-electron chi connectivity index (χ2n) is 11.1. The molecule has 6 atom stereocenters. The Morgan fingerprint density at radius 2 is 1.68 bits per heavy atom. The summed E-state index contributed by atoms with van der Waals surface area (Å²) in [7, 11) is 1.36. The first-order valence-corrected chi connectivity index (χ1v) is 14.5. The van der Waals surface area contributed by atoms with Crippen LogP contribution in [0.1, 0.15) is 36.8 Å². The van der Waals surface area contributed by atoms with Gasteiger partial charge in [0.2, 0.25) is 11.8 Å². The number of alkyl halides is 2. The van der Waals surface area contributed by atoms with E-state index in [0.717, 1.165) is 16.9 Å². The minimum Gasteiger partial charge on any atom is -0.491 e. The van der Waals surface area contributed by atoms with Gasteiger partial charge in [-0.15, -0.1) is 23.2 Å². The summed E-state index contributed by atoms with van der Waals surface area (Å²) in [6.07, 6.45) is 2.93. The van der Waals surface area contributed by atoms with E-state index in [1.165, 1.54) is 11.9 Å². The minimum absolute atomic E-state index is 0.00373. The van der Waals surface area contributed by atoms with E-state index in [2.05, 4.69) is 0 Å². The lowest BCUT2D eigenvalue weighted by Crippen LogP contribution is -2.60. The normalized spacial score (nSPS) is 32.6. The molecular formula is C31H30Cl2N2O6. The van der Waals surface area contributed by atoms with Crippen LogP contribution in [0.3, 0.4) is 0 Å². The number of para-hydroxylation sites is 1. The molecule has 0 spiro atoms. The molecule has 3 fully saturated rings. The number of hydrogen-bond acceptors (Lipinski definition) is 6. The summed E-state index contributed by atoms with van der Waals surface area (Å²) < 4.78 is 5.84. The molecule has 2 aromatic carbocycles. The number of hydrogen-bond donors (Lipinski definition) is 1. The molecule has 0 radical (unpaired) electrons. The molecule has 2 aromatic rings. The summed E-state index contributed by atoms with van der Waals surface area (Å²) in [5.74, 6) is -4.46. The van der Waals surface area contributed by atoms with Crippen molar-refractivity contribution in [3.63, 3.8) is 0 Å². The van der Waals surface area contributed by atoms with Gasteiger partial charge in [0.25, 0.3) is 11.8 Å². The Balaban J connectivity index is 1.49. The number of allylic oxidation sites excluding steroid dienone is 2. The zero-order valence-corrected chi connectivity index (χ0v) is 24.2. The maximum Gasteiger partial charge on any atom is 0.253 e. The largest absolute Gasteiger partial charge is 0.491 e. The van der Waals surface area contributed by atoms with Crippen molar-refractivity contribution < 1.29 is 29.0 Å². The molecule has 0 unspecified atom stereocenters. The van der Waals surface area contributed by atoms with E-state index in [0.29, 0.717) is 22.6 Å². The highest BCUT2D eigenvalue weighted by Crippen LogP contribution is 2.66. The van der Waals surface area contributed by atoms with Crippen molar-refractivity contribution in [3.05, 3.63) is 71.3 Å². The zero-order valence-electron chi connectivity index (χ0n) is 22.7. The minimum atomic E-state index is -1.89. The van der Waals surface area contributed by atoms with Gasteiger partial charge in [-0.05, 0) is 48.9 Å². The highest BCUT2D eigenvalue weighted by Gasteiger charge is 2.76. The van der Waals surface area contributed by atoms with E-state index in [9.17, 15) is 24.3 Å². The quantitative estimate of drug-likeness (QED) is 0.309. The average Bonchev–Trinajstić information content (AvgIpc) is 3.31. The van der Waals surface area contributed by atoms with Crippen LogP contribution >= 0.6 is 23.2 Å². The fraction of sp³-hybridized carbons (Fsp3) is 0.419. The van der Waals surface area contributed by atoms with Gasteiger partial charge in [0.05, 0.1) is 24.1 Å². The molecule has 4 amide bonds. The topological polar surface area (TPSA) is 104 Å². The monoisotopic (exact) mass is 596 g/mol. The molecule has 10 heteroatoms. The van der Waals surface area contributed by atoms with Gasteiger partial charge in [-0.25, -0.2) is 0 Å². The molecule has 6 rings (SSSR count). The Labute approximate surface area is 247 Å². The number of carbonyl (C=O) groups excluding carboxylic acids is 4. The third kappa shape index (κ3) is 3.76. The summed E-state index contributed by atoms with van der Waals surface area (Å²) >= 11 is 14.5. The van der Waals surface area contributed by atoms with Crippen molar-refractivity contribution in [1.29, 1.82) is 0 Å². The number of likely N-dealkylation sites (tertiary alicyclic amines) is 1. The van der Waals surface area contributed by atoms with Crippen molar-refractivity contribution in [2.75, 3.05) is 25.2 Å². The maximum absolute atomic E-state index is 14.1. The number of carbonyl (C=O) groups is 4. The Bertz CT molecular complexity index is 1490. The maximum atomic E-state index is 14.1. The number of halogens is 2. The van der Waals surface area contributed by atoms with Crippen LogP contribution in [0.2, 0.25) is 0 Å². The molecule has 0 bridgehead atoms. The third-order valence-electron chi connectivity index (χ3n) is 9.20. The van der Waals surface area contributed by atoms with Crippen LogP contribution in [0.25, 0.3) is 0 Å². The van der Waals surface area contributed by atoms with Crippen LogP contribution in [0.15, 0.2) is 60.2 Å². The molecule has 2 heterocycles. The van der Waals surface area contributed by atoms with Gasteiger partial charge in [0.1, 0.15) is 12.4 Å². The van der Waals surface area contributed by atoms with Crippen LogP contribution in [-0.2, 0) is 25.6 Å². The molecule has 2 aliphatic heterocycles. The number of aliphatic hydroxyl groups is 1. The lowest BCUT2D eigenvalue weighted by molar-refractivity contribution is -0.138. The summed E-state index contributed by atoms with van der Waals surface area (Å²) in [5.41, 5.74) is 2.80. The van der Waals surface area contributed by atoms with Crippen molar-refractivity contribution in [2.45, 2.75) is 41.9 Å². The summed E-state index contributed by atoms with van der Waals surface area (Å²) in [5, 5.41) is 9.41. The van der Waals surface area contributed by atoms with E-state index < -0.39 is 45.2 Å². The van der Waals surface area contributed by atoms with Crippen LogP contribution in [0.5, 0.6) is 5.75 Å². The summed E-state index contributed by atoms with van der Waals surface area (Å²) in [4.78, 5) is 53.6. The number of rotatable bonds is 6. The van der Waals surface area contributed by atoms with Gasteiger partial charge < -0.3 is 9.84 Å². The second-order valence-corrected chi connectivity index (χ2v) is 12.4. The van der Waals surface area contributed by atoms with E-state index in [4.69, 9.17) is 27.9 Å². The molecular weight excluding hydrogens is 567 g/mol. The van der Waals surface area contributed by atoms with Gasteiger partial charge >= 0.3 is 0 Å². The van der Waals surface area contributed by atoms with Crippen LogP contribution in [-0.4, -0.2) is 63.6 Å². The second kappa shape index (κ2) is 9.96. The first-order valence-electron chi connectivity index (χ1n) is 13.8. The molecule has 1 saturated carbocycles. The first-order chi connectivity index (χ1) is 19.6. The van der Waals surface area contributed by atoms with Gasteiger partial charge in [-0.3, -0.25) is 29.0 Å². The van der Waals surface area contributed by atoms with Gasteiger partial charge in [-0.2, -0.15) is 0 Å². The average molecular weight is 597 g/mol. The number of aliphatic hydroxyl groups excluding tert-OH is 1. The fourth-order valence-electron chi connectivity index (χ4n) is 7.23. The lowest BCUT2D eigenvalue weighted by Gasteiger charge is -2.51. The smallest absolute Gasteiger partial charge is 0.253 e. The number of imide groups is 2. The number of anilines is 1. The Hall–Kier alpha value is -3.20. The van der Waals surface area contributed by atoms with Crippen molar-refractivity contribution in [2.24, 2.45) is 17.8 Å². The molecule has 4 aliphatic rings. The molecule has 2 aliphatic carbocycles. The van der Waals surface area contributed by atoms with Gasteiger partial charge in [0, 0.05) is 18.5 Å². The molecule has 41 heavy (non-hydrogen) atoms. The van der Waals surface area contributed by atoms with E-state index in [1.807, 2.05) is 25.1 Å². The summed E-state index contributed by atoms with van der Waals surface area (Å²) in [6, 6.07) is 14.3. The SMILES string of the molecule is CCc1ccc(N2C(=O)[C@H]3[C@H](CC=C4[C@H]3C[C@@]3(Cl)C(=O)N(C)C(=O)[C@@]3(Cl)[C@H]4c3ccccc3OCCO)C2=O)cc1. The number of fused-ring (bicyclic) bond motifs is 4. The number of ether oxygens (including phenoxy) is 1. The predicted octanol–water partition coefficient (Wildman–Crippen LogP) is 3.81. The molecule has 2 saturated heterocycles.